The van der Waals surface area contributed by atoms with Crippen molar-refractivity contribution >= 4 is 34.0 Å². The van der Waals surface area contributed by atoms with Crippen molar-refractivity contribution in [2.24, 2.45) is 0 Å². The van der Waals surface area contributed by atoms with Crippen LogP contribution in [0.5, 0.6) is 5.75 Å². The molecule has 0 aliphatic heterocycles. The smallest absolute Gasteiger partial charge is 0.293 e. The summed E-state index contributed by atoms with van der Waals surface area (Å²) >= 11 is 7.43. The third-order valence-electron chi connectivity index (χ3n) is 2.92. The molecule has 3 aromatic rings. The molecule has 3 rings (SSSR count). The Kier molecular flexibility index (Phi) is 4.13. The Morgan fingerprint density at radius 3 is 2.95 bits per heavy atom. The van der Waals surface area contributed by atoms with Crippen LogP contribution in [-0.4, -0.2) is 18.0 Å². The van der Waals surface area contributed by atoms with Gasteiger partial charge in [0.25, 0.3) is 5.91 Å². The number of aromatic nitrogens is 1. The maximum Gasteiger partial charge on any atom is 0.293 e. The number of methoxy groups -OCH3 is 1. The van der Waals surface area contributed by atoms with Crippen molar-refractivity contribution in [1.29, 1.82) is 0 Å². The number of furan rings is 1. The molecule has 0 bridgehead atoms. The molecule has 2 aromatic heterocycles. The highest BCUT2D eigenvalue weighted by Crippen LogP contribution is 2.31. The minimum Gasteiger partial charge on any atom is -0.495 e. The SMILES string of the molecule is COc1ccc(-c2csc(NC(=O)c3ccco3)n2)cc1Cl. The Labute approximate surface area is 135 Å². The first kappa shape index (κ1) is 14.6. The number of hydrogen-bond donors (Lipinski definition) is 1. The molecule has 0 aliphatic carbocycles. The van der Waals surface area contributed by atoms with Crippen LogP contribution in [0.25, 0.3) is 11.3 Å². The highest BCUT2D eigenvalue weighted by molar-refractivity contribution is 7.14. The number of nitrogens with one attached hydrogen (secondary N) is 1. The summed E-state index contributed by atoms with van der Waals surface area (Å²) in [6.45, 7) is 0. The fraction of sp³-hybridized carbons (Fsp3) is 0.0667. The monoisotopic (exact) mass is 334 g/mol. The topological polar surface area (TPSA) is 64.4 Å². The van der Waals surface area contributed by atoms with Gasteiger partial charge in [-0.2, -0.15) is 0 Å². The van der Waals surface area contributed by atoms with Crippen LogP contribution in [-0.2, 0) is 0 Å². The summed E-state index contributed by atoms with van der Waals surface area (Å²) in [6.07, 6.45) is 1.45. The normalized spacial score (nSPS) is 10.5. The van der Waals surface area contributed by atoms with Crippen LogP contribution in [0, 0.1) is 0 Å². The number of halogens is 1. The number of nitrogens with zero attached hydrogens (tertiary/aromatic N) is 1. The fourth-order valence-electron chi connectivity index (χ4n) is 1.86. The van der Waals surface area contributed by atoms with E-state index in [-0.39, 0.29) is 11.7 Å². The molecule has 1 amide bonds. The van der Waals surface area contributed by atoms with Crippen molar-refractivity contribution in [3.05, 3.63) is 52.8 Å². The number of benzene rings is 1. The average molecular weight is 335 g/mol. The molecule has 1 aromatic carbocycles. The standard InChI is InChI=1S/C15H11ClN2O3S/c1-20-12-5-4-9(7-10(12)16)11-8-22-15(17-11)18-14(19)13-3-2-6-21-13/h2-8H,1H3,(H,17,18,19). The Hall–Kier alpha value is -2.31. The molecule has 0 saturated carbocycles. The minimum absolute atomic E-state index is 0.240. The molecular weight excluding hydrogens is 324 g/mol. The van der Waals surface area contributed by atoms with Gasteiger partial charge in [0.1, 0.15) is 5.75 Å². The summed E-state index contributed by atoms with van der Waals surface area (Å²) in [5.74, 6) is 0.509. The van der Waals surface area contributed by atoms with Crippen LogP contribution in [0.1, 0.15) is 10.6 Å². The molecule has 0 saturated heterocycles. The van der Waals surface area contributed by atoms with Crippen molar-refractivity contribution in [2.45, 2.75) is 0 Å². The number of amides is 1. The Bertz CT molecular complexity index is 799. The molecule has 0 atom stereocenters. The number of carbonyl (C=O) groups excluding carboxylic acids is 1. The van der Waals surface area contributed by atoms with E-state index < -0.39 is 0 Å². The molecule has 22 heavy (non-hydrogen) atoms. The van der Waals surface area contributed by atoms with Crippen molar-refractivity contribution < 1.29 is 13.9 Å². The zero-order valence-electron chi connectivity index (χ0n) is 11.5. The third-order valence-corrected chi connectivity index (χ3v) is 3.97. The first-order valence-corrected chi connectivity index (χ1v) is 7.57. The number of thiazole rings is 1. The molecule has 0 aliphatic rings. The summed E-state index contributed by atoms with van der Waals surface area (Å²) in [7, 11) is 1.56. The van der Waals surface area contributed by atoms with Gasteiger partial charge in [-0.3, -0.25) is 10.1 Å². The van der Waals surface area contributed by atoms with Crippen LogP contribution >= 0.6 is 22.9 Å². The number of rotatable bonds is 4. The van der Waals surface area contributed by atoms with Gasteiger partial charge in [0.05, 0.1) is 24.1 Å². The van der Waals surface area contributed by atoms with Gasteiger partial charge in [0.2, 0.25) is 0 Å². The first-order valence-electron chi connectivity index (χ1n) is 6.31. The first-order chi connectivity index (χ1) is 10.7. The largest absolute Gasteiger partial charge is 0.495 e. The molecule has 2 heterocycles. The zero-order chi connectivity index (χ0) is 15.5. The Balaban J connectivity index is 1.79. The molecule has 7 heteroatoms. The van der Waals surface area contributed by atoms with E-state index in [0.717, 1.165) is 11.3 Å². The molecule has 0 unspecified atom stereocenters. The van der Waals surface area contributed by atoms with Crippen LogP contribution in [0.2, 0.25) is 5.02 Å². The lowest BCUT2D eigenvalue weighted by Gasteiger charge is -2.04. The van der Waals surface area contributed by atoms with Gasteiger partial charge in [0.15, 0.2) is 10.9 Å². The van der Waals surface area contributed by atoms with Gasteiger partial charge in [-0.15, -0.1) is 11.3 Å². The third kappa shape index (κ3) is 2.98. The van der Waals surface area contributed by atoms with E-state index in [0.29, 0.717) is 15.9 Å². The van der Waals surface area contributed by atoms with Crippen molar-refractivity contribution in [3.8, 4) is 17.0 Å². The highest BCUT2D eigenvalue weighted by Gasteiger charge is 2.12. The molecule has 0 spiro atoms. The van der Waals surface area contributed by atoms with E-state index in [1.54, 1.807) is 31.4 Å². The summed E-state index contributed by atoms with van der Waals surface area (Å²) < 4.78 is 10.2. The van der Waals surface area contributed by atoms with Crippen LogP contribution in [0.3, 0.4) is 0 Å². The molecule has 1 N–H and O–H groups in total. The molecule has 5 nitrogen and oxygen atoms in total. The summed E-state index contributed by atoms with van der Waals surface area (Å²) in [5.41, 5.74) is 1.57. The van der Waals surface area contributed by atoms with Gasteiger partial charge in [0, 0.05) is 10.9 Å². The van der Waals surface area contributed by atoms with Crippen molar-refractivity contribution in [1.82, 2.24) is 4.98 Å². The van der Waals surface area contributed by atoms with E-state index in [2.05, 4.69) is 10.3 Å². The Morgan fingerprint density at radius 2 is 2.27 bits per heavy atom. The highest BCUT2D eigenvalue weighted by atomic mass is 35.5. The van der Waals surface area contributed by atoms with E-state index in [4.69, 9.17) is 20.8 Å². The average Bonchev–Trinajstić information content (AvgIpc) is 3.18. The van der Waals surface area contributed by atoms with E-state index in [9.17, 15) is 4.79 Å². The predicted octanol–water partition coefficient (Wildman–Crippen LogP) is 4.32. The maximum atomic E-state index is 11.9. The lowest BCUT2D eigenvalue weighted by molar-refractivity contribution is 0.0996. The molecular formula is C15H11ClN2O3S. The number of carbonyl (C=O) groups is 1. The number of hydrogen-bond acceptors (Lipinski definition) is 5. The van der Waals surface area contributed by atoms with E-state index in [1.165, 1.54) is 17.6 Å². The van der Waals surface area contributed by atoms with Crippen LogP contribution in [0.15, 0.2) is 46.4 Å². The molecule has 112 valence electrons. The minimum atomic E-state index is -0.335. The fourth-order valence-corrected chi connectivity index (χ4v) is 2.83. The van der Waals surface area contributed by atoms with Crippen LogP contribution < -0.4 is 10.1 Å². The summed E-state index contributed by atoms with van der Waals surface area (Å²) in [6, 6.07) is 8.65. The Morgan fingerprint density at radius 1 is 1.41 bits per heavy atom. The summed E-state index contributed by atoms with van der Waals surface area (Å²) in [4.78, 5) is 16.3. The molecule has 0 fully saturated rings. The van der Waals surface area contributed by atoms with Crippen molar-refractivity contribution in [2.75, 3.05) is 12.4 Å². The van der Waals surface area contributed by atoms with Gasteiger partial charge in [-0.1, -0.05) is 11.6 Å². The second-order valence-corrected chi connectivity index (χ2v) is 5.58. The summed E-state index contributed by atoms with van der Waals surface area (Å²) in [5, 5.41) is 5.53. The quantitative estimate of drug-likeness (QED) is 0.771. The lowest BCUT2D eigenvalue weighted by atomic mass is 10.2. The van der Waals surface area contributed by atoms with Crippen LogP contribution in [0.4, 0.5) is 5.13 Å². The van der Waals surface area contributed by atoms with Gasteiger partial charge in [-0.25, -0.2) is 4.98 Å². The lowest BCUT2D eigenvalue weighted by Crippen LogP contribution is -2.10. The van der Waals surface area contributed by atoms with Gasteiger partial charge in [-0.05, 0) is 30.3 Å². The number of anilines is 1. The predicted molar refractivity (Wildman–Crippen MR) is 85.8 cm³/mol. The van der Waals surface area contributed by atoms with E-state index >= 15 is 0 Å². The van der Waals surface area contributed by atoms with Gasteiger partial charge >= 0.3 is 0 Å². The second-order valence-electron chi connectivity index (χ2n) is 4.32. The number of ether oxygens (including phenoxy) is 1. The van der Waals surface area contributed by atoms with Crippen molar-refractivity contribution in [3.63, 3.8) is 0 Å². The van der Waals surface area contributed by atoms with E-state index in [1.807, 2.05) is 11.4 Å². The molecule has 0 radical (unpaired) electrons. The zero-order valence-corrected chi connectivity index (χ0v) is 13.1. The second kappa shape index (κ2) is 6.21. The van der Waals surface area contributed by atoms with Gasteiger partial charge < -0.3 is 9.15 Å². The maximum absolute atomic E-state index is 11.9.